The third kappa shape index (κ3) is 4.06. The van der Waals surface area contributed by atoms with Crippen LogP contribution in [0.3, 0.4) is 0 Å². The first-order chi connectivity index (χ1) is 14.0. The molecule has 1 N–H and O–H groups in total. The lowest BCUT2D eigenvalue weighted by molar-refractivity contribution is 0.0936. The van der Waals surface area contributed by atoms with Crippen LogP contribution in [0.1, 0.15) is 38.9 Å². The predicted octanol–water partition coefficient (Wildman–Crippen LogP) is 4.90. The average molecular weight is 383 g/mol. The number of aromatic nitrogens is 2. The van der Waals surface area contributed by atoms with E-state index in [0.717, 1.165) is 33.5 Å². The van der Waals surface area contributed by atoms with E-state index in [0.29, 0.717) is 12.0 Å². The molecule has 1 heterocycles. The first kappa shape index (κ1) is 18.9. The molecule has 4 rings (SSSR count). The van der Waals surface area contributed by atoms with Gasteiger partial charge in [0.15, 0.2) is 0 Å². The van der Waals surface area contributed by atoms with E-state index < -0.39 is 0 Å². The molecule has 0 aliphatic rings. The Morgan fingerprint density at radius 1 is 0.966 bits per heavy atom. The molecular formula is C25H25N3O. The Labute approximate surface area is 171 Å². The number of aryl methyl sites for hydroxylation is 3. The fraction of sp³-hybridized carbons (Fsp3) is 0.200. The van der Waals surface area contributed by atoms with E-state index in [1.807, 2.05) is 69.4 Å². The highest BCUT2D eigenvalue weighted by Crippen LogP contribution is 2.22. The maximum atomic E-state index is 13.0. The van der Waals surface area contributed by atoms with Gasteiger partial charge in [0, 0.05) is 19.0 Å². The normalized spacial score (nSPS) is 12.1. The Kier molecular flexibility index (Phi) is 5.17. The van der Waals surface area contributed by atoms with Crippen LogP contribution in [-0.2, 0) is 13.5 Å². The standard InChI is InChI=1S/C25H25N3O/c1-17-13-18(2)15-20(14-17)25(29)27-22(19-9-5-4-6-10-19)16-24-26-21-11-7-8-12-23(21)28(24)3/h4-15,22H,16H2,1-3H3,(H,27,29)/t22-/m0/s1. The predicted molar refractivity (Wildman–Crippen MR) is 117 cm³/mol. The maximum Gasteiger partial charge on any atom is 0.251 e. The summed E-state index contributed by atoms with van der Waals surface area (Å²) in [6.07, 6.45) is 0.617. The van der Waals surface area contributed by atoms with Gasteiger partial charge >= 0.3 is 0 Å². The van der Waals surface area contributed by atoms with E-state index in [-0.39, 0.29) is 11.9 Å². The van der Waals surface area contributed by atoms with Crippen molar-refractivity contribution in [1.29, 1.82) is 0 Å². The summed E-state index contributed by atoms with van der Waals surface area (Å²) in [6.45, 7) is 4.02. The number of para-hydroxylation sites is 2. The number of carbonyl (C=O) groups excluding carboxylic acids is 1. The lowest BCUT2D eigenvalue weighted by atomic mass is 10.0. The molecule has 0 unspecified atom stereocenters. The van der Waals surface area contributed by atoms with Gasteiger partial charge < -0.3 is 9.88 Å². The maximum absolute atomic E-state index is 13.0. The zero-order valence-electron chi connectivity index (χ0n) is 17.0. The van der Waals surface area contributed by atoms with Crippen LogP contribution in [-0.4, -0.2) is 15.5 Å². The van der Waals surface area contributed by atoms with Gasteiger partial charge in [0.2, 0.25) is 0 Å². The molecule has 0 radical (unpaired) electrons. The Hall–Kier alpha value is -3.40. The van der Waals surface area contributed by atoms with Gasteiger partial charge in [-0.25, -0.2) is 4.98 Å². The van der Waals surface area contributed by atoms with Gasteiger partial charge in [-0.3, -0.25) is 4.79 Å². The molecule has 0 aliphatic heterocycles. The molecule has 4 aromatic rings. The first-order valence-corrected chi connectivity index (χ1v) is 9.86. The molecule has 1 aromatic heterocycles. The number of nitrogens with one attached hydrogen (secondary N) is 1. The van der Waals surface area contributed by atoms with Gasteiger partial charge in [0.25, 0.3) is 5.91 Å². The molecule has 0 saturated heterocycles. The van der Waals surface area contributed by atoms with Crippen molar-refractivity contribution in [3.05, 3.63) is 101 Å². The highest BCUT2D eigenvalue weighted by Gasteiger charge is 2.20. The number of amides is 1. The number of carbonyl (C=O) groups is 1. The molecule has 0 spiro atoms. The number of fused-ring (bicyclic) bond motifs is 1. The summed E-state index contributed by atoms with van der Waals surface area (Å²) in [5.41, 5.74) is 5.99. The van der Waals surface area contributed by atoms with Crippen LogP contribution in [0.2, 0.25) is 0 Å². The summed E-state index contributed by atoms with van der Waals surface area (Å²) >= 11 is 0. The summed E-state index contributed by atoms with van der Waals surface area (Å²) in [5.74, 6) is 0.880. The summed E-state index contributed by atoms with van der Waals surface area (Å²) < 4.78 is 2.11. The smallest absolute Gasteiger partial charge is 0.251 e. The largest absolute Gasteiger partial charge is 0.345 e. The number of hydrogen-bond acceptors (Lipinski definition) is 2. The summed E-state index contributed by atoms with van der Waals surface area (Å²) in [4.78, 5) is 17.8. The van der Waals surface area contributed by atoms with Crippen LogP contribution in [0.25, 0.3) is 11.0 Å². The van der Waals surface area contributed by atoms with Crippen LogP contribution in [0.15, 0.2) is 72.8 Å². The van der Waals surface area contributed by atoms with Crippen LogP contribution in [0, 0.1) is 13.8 Å². The summed E-state index contributed by atoms with van der Waals surface area (Å²) in [5, 5.41) is 3.23. The second kappa shape index (κ2) is 7.92. The van der Waals surface area contributed by atoms with Crippen LogP contribution in [0.4, 0.5) is 0 Å². The number of rotatable bonds is 5. The van der Waals surface area contributed by atoms with Crippen molar-refractivity contribution in [2.24, 2.45) is 7.05 Å². The van der Waals surface area contributed by atoms with Crippen LogP contribution in [0.5, 0.6) is 0 Å². The topological polar surface area (TPSA) is 46.9 Å². The minimum Gasteiger partial charge on any atom is -0.345 e. The molecule has 0 saturated carbocycles. The monoisotopic (exact) mass is 383 g/mol. The molecule has 1 amide bonds. The van der Waals surface area contributed by atoms with Gasteiger partial charge in [-0.05, 0) is 43.7 Å². The Bertz CT molecular complexity index is 1140. The molecule has 0 bridgehead atoms. The average Bonchev–Trinajstić information content (AvgIpc) is 3.03. The van der Waals surface area contributed by atoms with Gasteiger partial charge in [-0.1, -0.05) is 59.7 Å². The second-order valence-corrected chi connectivity index (χ2v) is 7.59. The van der Waals surface area contributed by atoms with Crippen molar-refractivity contribution in [3.8, 4) is 0 Å². The van der Waals surface area contributed by atoms with Gasteiger partial charge in [0.1, 0.15) is 5.82 Å². The van der Waals surface area contributed by atoms with Crippen molar-refractivity contribution in [1.82, 2.24) is 14.9 Å². The van der Waals surface area contributed by atoms with E-state index >= 15 is 0 Å². The summed E-state index contributed by atoms with van der Waals surface area (Å²) in [7, 11) is 2.03. The number of imidazole rings is 1. The van der Waals surface area contributed by atoms with Crippen molar-refractivity contribution in [2.45, 2.75) is 26.3 Å². The highest BCUT2D eigenvalue weighted by atomic mass is 16.1. The van der Waals surface area contributed by atoms with Gasteiger partial charge in [-0.15, -0.1) is 0 Å². The fourth-order valence-corrected chi connectivity index (χ4v) is 3.85. The third-order valence-corrected chi connectivity index (χ3v) is 5.26. The van der Waals surface area contributed by atoms with Gasteiger partial charge in [0.05, 0.1) is 17.1 Å². The molecule has 1 atom stereocenters. The van der Waals surface area contributed by atoms with E-state index in [4.69, 9.17) is 4.98 Å². The zero-order valence-corrected chi connectivity index (χ0v) is 17.0. The molecule has 3 aromatic carbocycles. The molecule has 29 heavy (non-hydrogen) atoms. The minimum absolute atomic E-state index is 0.0654. The molecule has 146 valence electrons. The zero-order chi connectivity index (χ0) is 20.4. The quantitative estimate of drug-likeness (QED) is 0.533. The van der Waals surface area contributed by atoms with Crippen molar-refractivity contribution >= 4 is 16.9 Å². The molecular weight excluding hydrogens is 358 g/mol. The van der Waals surface area contributed by atoms with Gasteiger partial charge in [-0.2, -0.15) is 0 Å². The lowest BCUT2D eigenvalue weighted by Crippen LogP contribution is -2.30. The van der Waals surface area contributed by atoms with Crippen molar-refractivity contribution < 1.29 is 4.79 Å². The minimum atomic E-state index is -0.167. The first-order valence-electron chi connectivity index (χ1n) is 9.86. The molecule has 0 aliphatic carbocycles. The van der Waals surface area contributed by atoms with Crippen molar-refractivity contribution in [2.75, 3.05) is 0 Å². The SMILES string of the molecule is Cc1cc(C)cc(C(=O)N[C@@H](Cc2nc3ccccc3n2C)c2ccccc2)c1. The van der Waals surface area contributed by atoms with Crippen LogP contribution >= 0.6 is 0 Å². The van der Waals surface area contributed by atoms with E-state index in [1.165, 1.54) is 0 Å². The third-order valence-electron chi connectivity index (χ3n) is 5.26. The second-order valence-electron chi connectivity index (χ2n) is 7.59. The van der Waals surface area contributed by atoms with Crippen molar-refractivity contribution in [3.63, 3.8) is 0 Å². The Morgan fingerprint density at radius 2 is 1.62 bits per heavy atom. The molecule has 4 nitrogen and oxygen atoms in total. The van der Waals surface area contributed by atoms with E-state index in [9.17, 15) is 4.79 Å². The van der Waals surface area contributed by atoms with E-state index in [1.54, 1.807) is 0 Å². The number of nitrogens with zero attached hydrogens (tertiary/aromatic N) is 2. The Balaban J connectivity index is 1.66. The lowest BCUT2D eigenvalue weighted by Gasteiger charge is -2.20. The number of benzene rings is 3. The van der Waals surface area contributed by atoms with Crippen LogP contribution < -0.4 is 5.32 Å². The Morgan fingerprint density at radius 3 is 2.31 bits per heavy atom. The van der Waals surface area contributed by atoms with E-state index in [2.05, 4.69) is 34.1 Å². The summed E-state index contributed by atoms with van der Waals surface area (Å²) in [6, 6.07) is 24.0. The fourth-order valence-electron chi connectivity index (χ4n) is 3.85. The molecule has 0 fully saturated rings. The number of hydrogen-bond donors (Lipinski definition) is 1. The highest BCUT2D eigenvalue weighted by molar-refractivity contribution is 5.94. The molecule has 4 heteroatoms.